The van der Waals surface area contributed by atoms with E-state index in [4.69, 9.17) is 0 Å². The molecule has 1 aromatic rings. The first kappa shape index (κ1) is 19.5. The van der Waals surface area contributed by atoms with Crippen molar-refractivity contribution in [1.82, 2.24) is 10.2 Å². The van der Waals surface area contributed by atoms with Gasteiger partial charge in [0.2, 0.25) is 5.91 Å². The molecule has 2 amide bonds. The van der Waals surface area contributed by atoms with E-state index in [0.29, 0.717) is 13.0 Å². The van der Waals surface area contributed by atoms with E-state index in [1.807, 2.05) is 37.3 Å². The van der Waals surface area contributed by atoms with Gasteiger partial charge in [0.1, 0.15) is 6.54 Å². The molecule has 0 heterocycles. The minimum atomic E-state index is -0.895. The van der Waals surface area contributed by atoms with Gasteiger partial charge in [-0.25, -0.2) is 19.4 Å². The highest BCUT2D eigenvalue weighted by atomic mass is 17.2. The van der Waals surface area contributed by atoms with Crippen LogP contribution in [0.3, 0.4) is 0 Å². The monoisotopic (exact) mass is 336 g/mol. The highest BCUT2D eigenvalue weighted by Gasteiger charge is 2.17. The van der Waals surface area contributed by atoms with Crippen molar-refractivity contribution in [2.24, 2.45) is 0 Å². The lowest BCUT2D eigenvalue weighted by atomic mass is 10.1. The second-order valence-electron chi connectivity index (χ2n) is 5.35. The fourth-order valence-electron chi connectivity index (χ4n) is 1.82. The number of hydrogen-bond acceptors (Lipinski definition) is 5. The average molecular weight is 336 g/mol. The lowest BCUT2D eigenvalue weighted by Crippen LogP contribution is -2.39. The van der Waals surface area contributed by atoms with Gasteiger partial charge in [-0.1, -0.05) is 43.7 Å². The number of rotatable bonds is 8. The Labute approximate surface area is 141 Å². The summed E-state index contributed by atoms with van der Waals surface area (Å²) in [7, 11) is 1.39. The number of nitrogens with one attached hydrogen (secondary N) is 1. The maximum Gasteiger partial charge on any atom is 0.453 e. The highest BCUT2D eigenvalue weighted by molar-refractivity contribution is 5.82. The van der Waals surface area contributed by atoms with Crippen molar-refractivity contribution in [3.8, 4) is 0 Å². The lowest BCUT2D eigenvalue weighted by Gasteiger charge is -2.15. The molecule has 1 rings (SSSR count). The van der Waals surface area contributed by atoms with Crippen molar-refractivity contribution >= 4 is 18.0 Å². The molecule has 7 heteroatoms. The summed E-state index contributed by atoms with van der Waals surface area (Å²) in [4.78, 5) is 44.7. The van der Waals surface area contributed by atoms with Gasteiger partial charge in [-0.2, -0.15) is 0 Å². The molecule has 0 aliphatic heterocycles. The number of hydrogen-bond donors (Lipinski definition) is 1. The Morgan fingerprint density at radius 2 is 1.83 bits per heavy atom. The zero-order valence-corrected chi connectivity index (χ0v) is 14.1. The third-order valence-corrected chi connectivity index (χ3v) is 3.21. The molecule has 0 atom stereocenters. The molecule has 7 nitrogen and oxygen atoms in total. The van der Waals surface area contributed by atoms with Crippen LogP contribution in [0.4, 0.5) is 4.79 Å². The molecule has 132 valence electrons. The van der Waals surface area contributed by atoms with Crippen LogP contribution in [-0.2, 0) is 25.8 Å². The van der Waals surface area contributed by atoms with E-state index >= 15 is 0 Å². The van der Waals surface area contributed by atoms with E-state index in [2.05, 4.69) is 15.1 Å². The number of nitrogens with zero attached hydrogens (tertiary/aromatic N) is 1. The summed E-state index contributed by atoms with van der Waals surface area (Å²) in [5.74, 6) is -0.939. The number of carbonyl (C=O) groups is 3. The third-order valence-electron chi connectivity index (χ3n) is 3.21. The predicted molar refractivity (Wildman–Crippen MR) is 87.9 cm³/mol. The van der Waals surface area contributed by atoms with Crippen molar-refractivity contribution in [3.05, 3.63) is 35.9 Å². The second-order valence-corrected chi connectivity index (χ2v) is 5.35. The quantitative estimate of drug-likeness (QED) is 0.446. The molecule has 1 N–H and O–H groups in total. The van der Waals surface area contributed by atoms with Gasteiger partial charge in [0.15, 0.2) is 0 Å². The van der Waals surface area contributed by atoms with Crippen molar-refractivity contribution in [2.75, 3.05) is 20.1 Å². The maximum absolute atomic E-state index is 11.6. The molecular weight excluding hydrogens is 312 g/mol. The smallest absolute Gasteiger partial charge is 0.355 e. The molecule has 0 radical (unpaired) electrons. The molecule has 0 fully saturated rings. The van der Waals surface area contributed by atoms with Gasteiger partial charge in [-0.05, 0) is 18.4 Å². The van der Waals surface area contributed by atoms with Crippen molar-refractivity contribution in [2.45, 2.75) is 32.6 Å². The van der Waals surface area contributed by atoms with E-state index in [-0.39, 0.29) is 18.9 Å². The molecule has 0 saturated carbocycles. The van der Waals surface area contributed by atoms with Gasteiger partial charge in [0, 0.05) is 13.6 Å². The van der Waals surface area contributed by atoms with Crippen LogP contribution >= 0.6 is 0 Å². The fraction of sp³-hybridized carbons (Fsp3) is 0.471. The van der Waals surface area contributed by atoms with Gasteiger partial charge >= 0.3 is 12.1 Å². The van der Waals surface area contributed by atoms with E-state index in [1.165, 1.54) is 7.05 Å². The Bertz CT molecular complexity index is 533. The molecule has 0 bridgehead atoms. The van der Waals surface area contributed by atoms with Crippen LogP contribution in [0.5, 0.6) is 0 Å². The van der Waals surface area contributed by atoms with Gasteiger partial charge in [-0.3, -0.25) is 9.69 Å². The summed E-state index contributed by atoms with van der Waals surface area (Å²) in [5, 5.41) is 2.68. The van der Waals surface area contributed by atoms with Crippen molar-refractivity contribution < 1.29 is 24.2 Å². The SMILES string of the molecule is CCCCNC(=O)CN(C)C(=O)OOC(=O)CCc1ccccc1. The number of amides is 2. The first-order chi connectivity index (χ1) is 11.5. The van der Waals surface area contributed by atoms with E-state index < -0.39 is 12.1 Å². The number of benzene rings is 1. The summed E-state index contributed by atoms with van der Waals surface area (Å²) in [6.45, 7) is 2.42. The summed E-state index contributed by atoms with van der Waals surface area (Å²) < 4.78 is 0. The van der Waals surface area contributed by atoms with E-state index in [1.54, 1.807) is 0 Å². The largest absolute Gasteiger partial charge is 0.453 e. The molecule has 0 saturated heterocycles. The van der Waals surface area contributed by atoms with Crippen LogP contribution in [0.1, 0.15) is 31.7 Å². The molecule has 0 aromatic heterocycles. The predicted octanol–water partition coefficient (Wildman–Crippen LogP) is 2.06. The Hall–Kier alpha value is -2.57. The van der Waals surface area contributed by atoms with Crippen LogP contribution in [0.15, 0.2) is 30.3 Å². The lowest BCUT2D eigenvalue weighted by molar-refractivity contribution is -0.236. The van der Waals surface area contributed by atoms with Crippen molar-refractivity contribution in [3.63, 3.8) is 0 Å². The first-order valence-electron chi connectivity index (χ1n) is 7.96. The number of carbonyl (C=O) groups excluding carboxylic acids is 3. The molecule has 0 aliphatic rings. The molecule has 1 aromatic carbocycles. The van der Waals surface area contributed by atoms with Crippen LogP contribution in [0.25, 0.3) is 0 Å². The average Bonchev–Trinajstić information content (AvgIpc) is 2.58. The normalized spacial score (nSPS) is 9.92. The zero-order chi connectivity index (χ0) is 17.8. The standard InChI is InChI=1S/C17H24N2O5/c1-3-4-12-18-15(20)13-19(2)17(22)24-23-16(21)11-10-14-8-6-5-7-9-14/h5-9H,3-4,10-13H2,1-2H3,(H,18,20). The second kappa shape index (κ2) is 11.0. The fourth-order valence-corrected chi connectivity index (χ4v) is 1.82. The molecule has 0 spiro atoms. The van der Waals surface area contributed by atoms with E-state index in [0.717, 1.165) is 23.3 Å². The summed E-state index contributed by atoms with van der Waals surface area (Å²) in [6.07, 6.45) is 1.54. The molecular formula is C17H24N2O5. The number of unbranched alkanes of at least 4 members (excludes halogenated alkanes) is 1. The number of likely N-dealkylation sites (N-methyl/N-ethyl adjacent to an activating group) is 1. The van der Waals surface area contributed by atoms with Crippen LogP contribution in [0, 0.1) is 0 Å². The highest BCUT2D eigenvalue weighted by Crippen LogP contribution is 2.04. The molecule has 0 unspecified atom stereocenters. The molecule has 0 aliphatic carbocycles. The van der Waals surface area contributed by atoms with Crippen LogP contribution in [-0.4, -0.2) is 43.0 Å². The Balaban J connectivity index is 2.21. The van der Waals surface area contributed by atoms with Crippen molar-refractivity contribution in [1.29, 1.82) is 0 Å². The van der Waals surface area contributed by atoms with Gasteiger partial charge < -0.3 is 5.32 Å². The van der Waals surface area contributed by atoms with Crippen LogP contribution < -0.4 is 5.32 Å². The third kappa shape index (κ3) is 8.17. The zero-order valence-electron chi connectivity index (χ0n) is 14.1. The minimum Gasteiger partial charge on any atom is -0.355 e. The topological polar surface area (TPSA) is 84.9 Å². The van der Waals surface area contributed by atoms with Gasteiger partial charge in [0.05, 0.1) is 6.42 Å². The maximum atomic E-state index is 11.6. The number of aryl methyl sites for hydroxylation is 1. The summed E-state index contributed by atoms with van der Waals surface area (Å²) in [6, 6.07) is 9.43. The van der Waals surface area contributed by atoms with Crippen LogP contribution in [0.2, 0.25) is 0 Å². The minimum absolute atomic E-state index is 0.0957. The van der Waals surface area contributed by atoms with Gasteiger partial charge in [-0.15, -0.1) is 0 Å². The summed E-state index contributed by atoms with van der Waals surface area (Å²) in [5.41, 5.74) is 0.988. The Morgan fingerprint density at radius 1 is 1.12 bits per heavy atom. The Kier molecular flexibility index (Phi) is 8.96. The first-order valence-corrected chi connectivity index (χ1v) is 7.96. The van der Waals surface area contributed by atoms with Gasteiger partial charge in [0.25, 0.3) is 0 Å². The Morgan fingerprint density at radius 3 is 2.50 bits per heavy atom. The summed E-state index contributed by atoms with van der Waals surface area (Å²) >= 11 is 0. The van der Waals surface area contributed by atoms with E-state index in [9.17, 15) is 14.4 Å². The molecule has 24 heavy (non-hydrogen) atoms.